The van der Waals surface area contributed by atoms with Crippen molar-refractivity contribution in [3.8, 4) is 0 Å². The lowest BCUT2D eigenvalue weighted by Gasteiger charge is -2.21. The van der Waals surface area contributed by atoms with Gasteiger partial charge in [0.05, 0.1) is 26.4 Å². The van der Waals surface area contributed by atoms with E-state index in [4.69, 9.17) is 37.0 Å². The van der Waals surface area contributed by atoms with E-state index in [9.17, 15) is 43.2 Å². The summed E-state index contributed by atoms with van der Waals surface area (Å²) in [6.07, 6.45) is 65.3. The monoisotopic (exact) mass is 1470 g/mol. The van der Waals surface area contributed by atoms with Crippen LogP contribution in [0.5, 0.6) is 0 Å². The third kappa shape index (κ3) is 74.3. The zero-order valence-electron chi connectivity index (χ0n) is 65.3. The van der Waals surface area contributed by atoms with E-state index in [1.54, 1.807) is 0 Å². The maximum atomic E-state index is 13.1. The summed E-state index contributed by atoms with van der Waals surface area (Å²) in [6.45, 7) is 7.27. The van der Waals surface area contributed by atoms with E-state index in [-0.39, 0.29) is 25.7 Å². The van der Waals surface area contributed by atoms with Gasteiger partial charge in [0.15, 0.2) is 12.2 Å². The Morgan fingerprint density at radius 1 is 0.270 bits per heavy atom. The lowest BCUT2D eigenvalue weighted by molar-refractivity contribution is -0.161. The summed E-state index contributed by atoms with van der Waals surface area (Å²) in [4.78, 5) is 73.0. The Morgan fingerprint density at radius 3 is 0.680 bits per heavy atom. The molecule has 0 heterocycles. The van der Waals surface area contributed by atoms with Gasteiger partial charge in [-0.1, -0.05) is 381 Å². The highest BCUT2D eigenvalue weighted by Crippen LogP contribution is 2.45. The third-order valence-electron chi connectivity index (χ3n) is 19.0. The summed E-state index contributed by atoms with van der Waals surface area (Å²) < 4.78 is 68.7. The molecule has 0 aromatic rings. The number of rotatable bonds is 81. The van der Waals surface area contributed by atoms with Gasteiger partial charge in [0, 0.05) is 25.7 Å². The normalized spacial score (nSPS) is 13.8. The van der Waals surface area contributed by atoms with Gasteiger partial charge in [-0.2, -0.15) is 0 Å². The van der Waals surface area contributed by atoms with Gasteiger partial charge in [-0.05, 0) is 31.6 Å². The summed E-state index contributed by atoms with van der Waals surface area (Å²) >= 11 is 0. The molecule has 100 heavy (non-hydrogen) atoms. The first-order valence-electron chi connectivity index (χ1n) is 42.1. The fourth-order valence-corrected chi connectivity index (χ4v) is 14.2. The van der Waals surface area contributed by atoms with Gasteiger partial charge in [0.25, 0.3) is 0 Å². The molecule has 0 spiro atoms. The summed E-state index contributed by atoms with van der Waals surface area (Å²) in [5.41, 5.74) is 0. The largest absolute Gasteiger partial charge is 0.472 e. The molecule has 0 saturated heterocycles. The number of hydrogen-bond acceptors (Lipinski definition) is 15. The molecule has 19 heteroatoms. The molecule has 594 valence electrons. The summed E-state index contributed by atoms with van der Waals surface area (Å²) in [5.74, 6) is -1.40. The van der Waals surface area contributed by atoms with Crippen LogP contribution in [0.3, 0.4) is 0 Å². The van der Waals surface area contributed by atoms with E-state index in [1.165, 1.54) is 250 Å². The Balaban J connectivity index is 5.21. The zero-order valence-corrected chi connectivity index (χ0v) is 67.1. The van der Waals surface area contributed by atoms with Crippen LogP contribution in [0.1, 0.15) is 433 Å². The number of carbonyl (C=O) groups is 4. The molecular formula is C81H158O17P2. The first-order valence-corrected chi connectivity index (χ1v) is 45.1. The Morgan fingerprint density at radius 2 is 0.460 bits per heavy atom. The van der Waals surface area contributed by atoms with Crippen LogP contribution < -0.4 is 0 Å². The molecule has 0 aliphatic carbocycles. The number of phosphoric acid groups is 2. The average molecular weight is 1470 g/mol. The Bertz CT molecular complexity index is 1910. The number of phosphoric ester groups is 2. The number of aliphatic hydroxyl groups is 1. The fraction of sp³-hybridized carbons (Fsp3) is 0.951. The topological polar surface area (TPSA) is 237 Å². The molecule has 0 aromatic carbocycles. The molecule has 17 nitrogen and oxygen atoms in total. The quantitative estimate of drug-likeness (QED) is 0.0222. The maximum Gasteiger partial charge on any atom is 0.472 e. The highest BCUT2D eigenvalue weighted by atomic mass is 31.2. The molecule has 0 bridgehead atoms. The molecular weight excluding hydrogens is 1310 g/mol. The smallest absolute Gasteiger partial charge is 0.462 e. The second-order valence-corrected chi connectivity index (χ2v) is 32.5. The van der Waals surface area contributed by atoms with Crippen molar-refractivity contribution in [2.24, 2.45) is 5.92 Å². The predicted molar refractivity (Wildman–Crippen MR) is 409 cm³/mol. The maximum absolute atomic E-state index is 13.1. The van der Waals surface area contributed by atoms with E-state index < -0.39 is 97.5 Å². The van der Waals surface area contributed by atoms with Crippen LogP contribution in [0.2, 0.25) is 0 Å². The molecule has 3 N–H and O–H groups in total. The standard InChI is InChI=1S/C81H158O17P2/c1-6-9-12-15-18-21-24-27-29-31-32-33-34-35-37-40-43-46-51-57-62-67-81(86)97-76(70-91-78(83)64-59-54-49-44-41-39-36-30-28-25-22-19-16-13-10-7-2)72-95-99(87,88)93-68-75(82)69-94-100(89,90)96-73-77(71-92-79(84)65-60-55-52-47-48-53-58-63-74(4)5)98-80(85)66-61-56-50-45-42-38-26-23-20-17-14-11-8-3/h74-77,82H,6-73H2,1-5H3,(H,87,88)(H,89,90)/t75-,76-,77-/m1/s1. The van der Waals surface area contributed by atoms with E-state index in [2.05, 4.69) is 34.6 Å². The van der Waals surface area contributed by atoms with Crippen molar-refractivity contribution >= 4 is 39.5 Å². The molecule has 0 saturated carbocycles. The summed E-state index contributed by atoms with van der Waals surface area (Å²) in [7, 11) is -9.92. The number of esters is 4. The van der Waals surface area contributed by atoms with Crippen molar-refractivity contribution in [1.82, 2.24) is 0 Å². The molecule has 0 fully saturated rings. The number of unbranched alkanes of at least 4 members (excludes halogenated alkanes) is 53. The highest BCUT2D eigenvalue weighted by molar-refractivity contribution is 7.47. The van der Waals surface area contributed by atoms with Crippen molar-refractivity contribution in [3.05, 3.63) is 0 Å². The van der Waals surface area contributed by atoms with Crippen molar-refractivity contribution in [1.29, 1.82) is 0 Å². The van der Waals surface area contributed by atoms with Crippen LogP contribution in [0.25, 0.3) is 0 Å². The predicted octanol–water partition coefficient (Wildman–Crippen LogP) is 24.4. The number of hydrogen-bond donors (Lipinski definition) is 3. The van der Waals surface area contributed by atoms with Gasteiger partial charge in [0.2, 0.25) is 0 Å². The minimum absolute atomic E-state index is 0.107. The van der Waals surface area contributed by atoms with E-state index >= 15 is 0 Å². The van der Waals surface area contributed by atoms with E-state index in [0.717, 1.165) is 96.3 Å². The van der Waals surface area contributed by atoms with Crippen LogP contribution in [-0.2, 0) is 65.4 Å². The minimum Gasteiger partial charge on any atom is -0.462 e. The molecule has 0 amide bonds. The van der Waals surface area contributed by atoms with Crippen LogP contribution in [0, 0.1) is 5.92 Å². The van der Waals surface area contributed by atoms with Crippen LogP contribution in [0.4, 0.5) is 0 Å². The first-order chi connectivity index (χ1) is 48.5. The van der Waals surface area contributed by atoms with Gasteiger partial charge < -0.3 is 33.8 Å². The lowest BCUT2D eigenvalue weighted by Crippen LogP contribution is -2.30. The minimum atomic E-state index is -4.96. The zero-order chi connectivity index (χ0) is 73.4. The Labute approximate surface area is 613 Å². The molecule has 0 aliphatic heterocycles. The summed E-state index contributed by atoms with van der Waals surface area (Å²) in [5, 5.41) is 10.6. The molecule has 5 atom stereocenters. The Hall–Kier alpha value is -1.94. The van der Waals surface area contributed by atoms with Crippen LogP contribution in [-0.4, -0.2) is 96.7 Å². The van der Waals surface area contributed by atoms with Gasteiger partial charge >= 0.3 is 39.5 Å². The number of ether oxygens (including phenoxy) is 4. The first kappa shape index (κ1) is 98.1. The number of aliphatic hydroxyl groups excluding tert-OH is 1. The van der Waals surface area contributed by atoms with Gasteiger partial charge in [-0.15, -0.1) is 0 Å². The van der Waals surface area contributed by atoms with Crippen LogP contribution >= 0.6 is 15.6 Å². The molecule has 0 aromatic heterocycles. The summed E-state index contributed by atoms with van der Waals surface area (Å²) in [6, 6.07) is 0. The lowest BCUT2D eigenvalue weighted by atomic mass is 10.0. The van der Waals surface area contributed by atoms with Gasteiger partial charge in [-0.25, -0.2) is 9.13 Å². The fourth-order valence-electron chi connectivity index (χ4n) is 12.6. The third-order valence-corrected chi connectivity index (χ3v) is 20.9. The van der Waals surface area contributed by atoms with Crippen molar-refractivity contribution in [2.75, 3.05) is 39.6 Å². The molecule has 0 rings (SSSR count). The molecule has 0 radical (unpaired) electrons. The average Bonchev–Trinajstić information content (AvgIpc) is 0.912. The van der Waals surface area contributed by atoms with E-state index in [1.807, 2.05) is 0 Å². The second-order valence-electron chi connectivity index (χ2n) is 29.6. The second kappa shape index (κ2) is 73.9. The highest BCUT2D eigenvalue weighted by Gasteiger charge is 2.30. The number of carbonyl (C=O) groups excluding carboxylic acids is 4. The van der Waals surface area contributed by atoms with Crippen molar-refractivity contribution < 1.29 is 80.2 Å². The molecule has 2 unspecified atom stereocenters. The van der Waals surface area contributed by atoms with Gasteiger partial charge in [0.1, 0.15) is 19.3 Å². The SMILES string of the molecule is CCCCCCCCCCCCCCCCCCCCCCCC(=O)O[C@H](COC(=O)CCCCCCCCCCCCCCCCCC)COP(=O)(O)OC[C@@H](O)COP(=O)(O)OC[C@@H](COC(=O)CCCCCCCCCC(C)C)OC(=O)CCCCCCCCCCCCCCC. The van der Waals surface area contributed by atoms with E-state index in [0.29, 0.717) is 31.6 Å². The van der Waals surface area contributed by atoms with Crippen LogP contribution in [0.15, 0.2) is 0 Å². The van der Waals surface area contributed by atoms with Crippen molar-refractivity contribution in [2.45, 2.75) is 451 Å². The molecule has 0 aliphatic rings. The van der Waals surface area contributed by atoms with Gasteiger partial charge in [-0.3, -0.25) is 37.3 Å². The Kier molecular flexibility index (Phi) is 72.5. The van der Waals surface area contributed by atoms with Crippen molar-refractivity contribution in [3.63, 3.8) is 0 Å².